The third kappa shape index (κ3) is 3.35. The van der Waals surface area contributed by atoms with Crippen LogP contribution in [0, 0.1) is 10.1 Å². The fourth-order valence-corrected chi connectivity index (χ4v) is 1.58. The zero-order valence-electron chi connectivity index (χ0n) is 10.0. The van der Waals surface area contributed by atoms with Gasteiger partial charge in [-0.3, -0.25) is 14.9 Å². The van der Waals surface area contributed by atoms with E-state index in [4.69, 9.17) is 0 Å². The lowest BCUT2D eigenvalue weighted by atomic mass is 10.1. The maximum Gasteiger partial charge on any atom is 0.269 e. The standard InChI is InChI=1S/C15H11NO3/c17-15(13-4-2-1-3-5-13)11-8-12-6-9-14(10-7-12)16(18)19/h1-11H/b11-8-. The Morgan fingerprint density at radius 1 is 1.00 bits per heavy atom. The number of carbonyl (C=O) groups is 1. The zero-order chi connectivity index (χ0) is 13.7. The number of ketones is 1. The summed E-state index contributed by atoms with van der Waals surface area (Å²) in [5.41, 5.74) is 1.39. The molecule has 0 amide bonds. The molecular weight excluding hydrogens is 242 g/mol. The first-order valence-electron chi connectivity index (χ1n) is 5.69. The Hall–Kier alpha value is -2.75. The Balaban J connectivity index is 2.10. The van der Waals surface area contributed by atoms with E-state index in [1.165, 1.54) is 18.2 Å². The molecule has 4 nitrogen and oxygen atoms in total. The number of nitrogens with zero attached hydrogens (tertiary/aromatic N) is 1. The molecule has 19 heavy (non-hydrogen) atoms. The molecule has 0 atom stereocenters. The highest BCUT2D eigenvalue weighted by Gasteiger charge is 2.03. The lowest BCUT2D eigenvalue weighted by molar-refractivity contribution is -0.384. The van der Waals surface area contributed by atoms with Crippen molar-refractivity contribution in [3.8, 4) is 0 Å². The van der Waals surface area contributed by atoms with Crippen LogP contribution in [0.1, 0.15) is 15.9 Å². The Kier molecular flexibility index (Phi) is 3.83. The fourth-order valence-electron chi connectivity index (χ4n) is 1.58. The normalized spacial score (nSPS) is 10.5. The van der Waals surface area contributed by atoms with Gasteiger partial charge in [-0.2, -0.15) is 0 Å². The first-order chi connectivity index (χ1) is 9.16. The second-order valence-electron chi connectivity index (χ2n) is 3.91. The highest BCUT2D eigenvalue weighted by atomic mass is 16.6. The Labute approximate surface area is 110 Å². The third-order valence-electron chi connectivity index (χ3n) is 2.59. The van der Waals surface area contributed by atoms with Gasteiger partial charge in [0.1, 0.15) is 0 Å². The first kappa shape index (κ1) is 12.7. The summed E-state index contributed by atoms with van der Waals surface area (Å²) in [5, 5.41) is 10.5. The highest BCUT2D eigenvalue weighted by Crippen LogP contribution is 2.13. The van der Waals surface area contributed by atoms with Crippen LogP contribution in [-0.2, 0) is 0 Å². The molecule has 0 bridgehead atoms. The van der Waals surface area contributed by atoms with Gasteiger partial charge in [0, 0.05) is 17.7 Å². The van der Waals surface area contributed by atoms with Gasteiger partial charge in [-0.15, -0.1) is 0 Å². The Morgan fingerprint density at radius 2 is 1.63 bits per heavy atom. The summed E-state index contributed by atoms with van der Waals surface area (Å²) < 4.78 is 0. The first-order valence-corrected chi connectivity index (χ1v) is 5.69. The average Bonchev–Trinajstić information content (AvgIpc) is 2.46. The highest BCUT2D eigenvalue weighted by molar-refractivity contribution is 6.06. The smallest absolute Gasteiger partial charge is 0.269 e. The van der Waals surface area contributed by atoms with Gasteiger partial charge in [0.2, 0.25) is 0 Å². The van der Waals surface area contributed by atoms with E-state index in [2.05, 4.69) is 0 Å². The number of nitro groups is 1. The van der Waals surface area contributed by atoms with E-state index in [9.17, 15) is 14.9 Å². The molecule has 0 aromatic heterocycles. The summed E-state index contributed by atoms with van der Waals surface area (Å²) in [6.07, 6.45) is 3.09. The van der Waals surface area contributed by atoms with Gasteiger partial charge in [-0.25, -0.2) is 0 Å². The molecule has 0 unspecified atom stereocenters. The number of nitro benzene ring substituents is 1. The fraction of sp³-hybridized carbons (Fsp3) is 0. The quantitative estimate of drug-likeness (QED) is 0.362. The third-order valence-corrected chi connectivity index (χ3v) is 2.59. The second kappa shape index (κ2) is 5.73. The second-order valence-corrected chi connectivity index (χ2v) is 3.91. The van der Waals surface area contributed by atoms with Crippen LogP contribution in [0.5, 0.6) is 0 Å². The average molecular weight is 253 g/mol. The molecule has 2 aromatic carbocycles. The number of allylic oxidation sites excluding steroid dienone is 1. The monoisotopic (exact) mass is 253 g/mol. The van der Waals surface area contributed by atoms with Crippen molar-refractivity contribution in [2.45, 2.75) is 0 Å². The predicted molar refractivity (Wildman–Crippen MR) is 72.9 cm³/mol. The van der Waals surface area contributed by atoms with E-state index >= 15 is 0 Å². The molecular formula is C15H11NO3. The molecule has 0 N–H and O–H groups in total. The predicted octanol–water partition coefficient (Wildman–Crippen LogP) is 3.49. The van der Waals surface area contributed by atoms with Crippen molar-refractivity contribution >= 4 is 17.5 Å². The molecule has 0 heterocycles. The number of rotatable bonds is 4. The molecule has 0 saturated heterocycles. The molecule has 0 spiro atoms. The molecule has 0 aliphatic carbocycles. The largest absolute Gasteiger partial charge is 0.289 e. The minimum Gasteiger partial charge on any atom is -0.289 e. The van der Waals surface area contributed by atoms with E-state index in [-0.39, 0.29) is 11.5 Å². The molecule has 4 heteroatoms. The summed E-state index contributed by atoms with van der Waals surface area (Å²) in [7, 11) is 0. The summed E-state index contributed by atoms with van der Waals surface area (Å²) in [5.74, 6) is -0.0982. The molecule has 2 aromatic rings. The summed E-state index contributed by atoms with van der Waals surface area (Å²) in [4.78, 5) is 21.8. The number of non-ortho nitro benzene ring substituents is 1. The van der Waals surface area contributed by atoms with E-state index in [1.54, 1.807) is 42.5 Å². The van der Waals surface area contributed by atoms with Crippen molar-refractivity contribution in [3.63, 3.8) is 0 Å². The van der Waals surface area contributed by atoms with Crippen molar-refractivity contribution in [1.82, 2.24) is 0 Å². The summed E-state index contributed by atoms with van der Waals surface area (Å²) in [6, 6.07) is 14.9. The van der Waals surface area contributed by atoms with Crippen molar-refractivity contribution in [3.05, 3.63) is 81.9 Å². The van der Waals surface area contributed by atoms with E-state index in [0.717, 1.165) is 5.56 Å². The summed E-state index contributed by atoms with van der Waals surface area (Å²) in [6.45, 7) is 0. The molecule has 0 saturated carbocycles. The van der Waals surface area contributed by atoms with Crippen molar-refractivity contribution < 1.29 is 9.72 Å². The minimum atomic E-state index is -0.456. The Morgan fingerprint density at radius 3 is 2.21 bits per heavy atom. The van der Waals surface area contributed by atoms with Crippen molar-refractivity contribution in [2.24, 2.45) is 0 Å². The van der Waals surface area contributed by atoms with Gasteiger partial charge < -0.3 is 0 Å². The van der Waals surface area contributed by atoms with Crippen LogP contribution >= 0.6 is 0 Å². The summed E-state index contributed by atoms with van der Waals surface area (Å²) >= 11 is 0. The zero-order valence-corrected chi connectivity index (χ0v) is 10.0. The number of hydrogen-bond donors (Lipinski definition) is 0. The van der Waals surface area contributed by atoms with Gasteiger partial charge in [0.05, 0.1) is 4.92 Å². The van der Waals surface area contributed by atoms with Crippen molar-refractivity contribution in [2.75, 3.05) is 0 Å². The van der Waals surface area contributed by atoms with Crippen molar-refractivity contribution in [1.29, 1.82) is 0 Å². The van der Waals surface area contributed by atoms with Crippen LogP contribution in [-0.4, -0.2) is 10.7 Å². The molecule has 0 aliphatic heterocycles. The molecule has 2 rings (SSSR count). The Bertz CT molecular complexity index is 616. The van der Waals surface area contributed by atoms with E-state index in [1.807, 2.05) is 6.07 Å². The maximum absolute atomic E-state index is 11.8. The number of carbonyl (C=O) groups excluding carboxylic acids is 1. The van der Waals surface area contributed by atoms with E-state index in [0.29, 0.717) is 5.56 Å². The van der Waals surface area contributed by atoms with Gasteiger partial charge >= 0.3 is 0 Å². The lowest BCUT2D eigenvalue weighted by Crippen LogP contribution is -1.92. The van der Waals surface area contributed by atoms with Crippen LogP contribution in [0.4, 0.5) is 5.69 Å². The maximum atomic E-state index is 11.8. The van der Waals surface area contributed by atoms with Crippen LogP contribution in [0.25, 0.3) is 6.08 Å². The van der Waals surface area contributed by atoms with Crippen LogP contribution < -0.4 is 0 Å². The van der Waals surface area contributed by atoms with E-state index < -0.39 is 4.92 Å². The molecule has 0 fully saturated rings. The lowest BCUT2D eigenvalue weighted by Gasteiger charge is -1.95. The van der Waals surface area contributed by atoms with Gasteiger partial charge in [-0.05, 0) is 23.8 Å². The van der Waals surface area contributed by atoms with Crippen LogP contribution in [0.2, 0.25) is 0 Å². The SMILES string of the molecule is O=C(/C=C\c1ccc([N+](=O)[O-])cc1)c1ccccc1. The van der Waals surface area contributed by atoms with Gasteiger partial charge in [0.25, 0.3) is 5.69 Å². The van der Waals surface area contributed by atoms with Crippen LogP contribution in [0.3, 0.4) is 0 Å². The molecule has 0 radical (unpaired) electrons. The molecule has 94 valence electrons. The molecule has 0 aliphatic rings. The topological polar surface area (TPSA) is 60.2 Å². The minimum absolute atomic E-state index is 0.0338. The number of hydrogen-bond acceptors (Lipinski definition) is 3. The number of benzene rings is 2. The van der Waals surface area contributed by atoms with Gasteiger partial charge in [0.15, 0.2) is 5.78 Å². The van der Waals surface area contributed by atoms with Gasteiger partial charge in [-0.1, -0.05) is 36.4 Å². The van der Waals surface area contributed by atoms with Crippen LogP contribution in [0.15, 0.2) is 60.7 Å².